The summed E-state index contributed by atoms with van der Waals surface area (Å²) in [5.74, 6) is 2.46. The molecule has 1 atom stereocenters. The van der Waals surface area contributed by atoms with Gasteiger partial charge in [-0.1, -0.05) is 43.7 Å². The molecule has 0 heterocycles. The second-order valence-corrected chi connectivity index (χ2v) is 7.71. The summed E-state index contributed by atoms with van der Waals surface area (Å²) in [6.07, 6.45) is 1.34. The molecular weight excluding hydrogens is 432 g/mol. The third kappa shape index (κ3) is 7.52. The van der Waals surface area contributed by atoms with Crippen molar-refractivity contribution in [1.82, 2.24) is 0 Å². The number of carbonyl (C=O) groups excluding carboxylic acids is 1. The van der Waals surface area contributed by atoms with E-state index >= 15 is 0 Å². The van der Waals surface area contributed by atoms with Crippen LogP contribution in [0.15, 0.2) is 72.8 Å². The molecular formula is C28H32O6. The molecule has 0 fully saturated rings. The first-order valence-electron chi connectivity index (χ1n) is 11.7. The van der Waals surface area contributed by atoms with Gasteiger partial charge in [0.15, 0.2) is 6.10 Å². The van der Waals surface area contributed by atoms with Gasteiger partial charge in [-0.25, -0.2) is 4.79 Å². The molecule has 3 aromatic carbocycles. The van der Waals surface area contributed by atoms with Crippen molar-refractivity contribution >= 4 is 5.97 Å². The molecule has 0 aromatic heterocycles. The summed E-state index contributed by atoms with van der Waals surface area (Å²) in [7, 11) is 0. The average molecular weight is 465 g/mol. The smallest absolute Gasteiger partial charge is 0.339 e. The van der Waals surface area contributed by atoms with Gasteiger partial charge in [-0.05, 0) is 66.9 Å². The van der Waals surface area contributed by atoms with Crippen molar-refractivity contribution in [3.63, 3.8) is 0 Å². The first kappa shape index (κ1) is 25.1. The van der Waals surface area contributed by atoms with Gasteiger partial charge in [-0.3, -0.25) is 0 Å². The maximum Gasteiger partial charge on any atom is 0.339 e. The number of para-hydroxylation sites is 1. The van der Waals surface area contributed by atoms with E-state index < -0.39 is 12.1 Å². The summed E-state index contributed by atoms with van der Waals surface area (Å²) in [4.78, 5) is 11.6. The number of hydrogen-bond acceptors (Lipinski definition) is 6. The van der Waals surface area contributed by atoms with Crippen LogP contribution in [0.2, 0.25) is 0 Å². The van der Waals surface area contributed by atoms with Crippen LogP contribution in [-0.4, -0.2) is 30.9 Å². The Labute approximate surface area is 201 Å². The summed E-state index contributed by atoms with van der Waals surface area (Å²) in [6, 6.07) is 22.4. The van der Waals surface area contributed by atoms with Crippen LogP contribution in [0.4, 0.5) is 0 Å². The normalized spacial score (nSPS) is 11.5. The molecule has 6 nitrogen and oxygen atoms in total. The van der Waals surface area contributed by atoms with E-state index in [1.807, 2.05) is 48.5 Å². The number of ether oxygens (including phenoxy) is 4. The summed E-state index contributed by atoms with van der Waals surface area (Å²) in [5.41, 5.74) is 1.59. The Bertz CT molecular complexity index is 1020. The topological polar surface area (TPSA) is 74.2 Å². The molecule has 0 saturated carbocycles. The molecule has 0 bridgehead atoms. The summed E-state index contributed by atoms with van der Waals surface area (Å²) < 4.78 is 22.5. The Morgan fingerprint density at radius 2 is 1.56 bits per heavy atom. The van der Waals surface area contributed by atoms with Crippen molar-refractivity contribution in [3.8, 4) is 23.0 Å². The third-order valence-electron chi connectivity index (χ3n) is 5.05. The van der Waals surface area contributed by atoms with E-state index in [0.29, 0.717) is 30.9 Å². The van der Waals surface area contributed by atoms with Crippen LogP contribution in [-0.2, 0) is 16.0 Å². The maximum absolute atomic E-state index is 11.6. The molecule has 0 aliphatic rings. The zero-order valence-electron chi connectivity index (χ0n) is 19.7. The second kappa shape index (κ2) is 13.3. The fraction of sp³-hybridized carbons (Fsp3) is 0.321. The van der Waals surface area contributed by atoms with Gasteiger partial charge in [0, 0.05) is 6.42 Å². The van der Waals surface area contributed by atoms with Crippen molar-refractivity contribution in [3.05, 3.63) is 83.9 Å². The lowest BCUT2D eigenvalue weighted by molar-refractivity contribution is -0.153. The number of hydrogen-bond donors (Lipinski definition) is 1. The summed E-state index contributed by atoms with van der Waals surface area (Å²) in [6.45, 7) is 5.07. The van der Waals surface area contributed by atoms with Gasteiger partial charge in [-0.2, -0.15) is 0 Å². The highest BCUT2D eigenvalue weighted by atomic mass is 16.5. The van der Waals surface area contributed by atoms with E-state index in [1.165, 1.54) is 0 Å². The Kier molecular flexibility index (Phi) is 9.80. The lowest BCUT2D eigenvalue weighted by Crippen LogP contribution is -2.15. The highest BCUT2D eigenvalue weighted by Gasteiger charge is 2.18. The number of aliphatic hydroxyl groups is 1. The molecule has 0 saturated heterocycles. The first-order valence-corrected chi connectivity index (χ1v) is 11.7. The van der Waals surface area contributed by atoms with Gasteiger partial charge in [0.1, 0.15) is 23.0 Å². The lowest BCUT2D eigenvalue weighted by atomic mass is 10.1. The lowest BCUT2D eigenvalue weighted by Gasteiger charge is -2.14. The minimum atomic E-state index is -1.29. The predicted octanol–water partition coefficient (Wildman–Crippen LogP) is 5.88. The molecule has 0 amide bonds. The molecule has 0 unspecified atom stereocenters. The number of benzene rings is 3. The third-order valence-corrected chi connectivity index (χ3v) is 5.05. The molecule has 0 aliphatic heterocycles. The largest absolute Gasteiger partial charge is 0.493 e. The van der Waals surface area contributed by atoms with Gasteiger partial charge < -0.3 is 24.1 Å². The standard InChI is InChI=1S/C28H32O6/c1-3-9-22-20-25(34-24-10-6-5-7-11-24)16-17-26(22)33-19-8-18-32-23-14-12-21(13-15-23)27(29)28(30)31-4-2/h5-7,10-17,20,27,29H,3-4,8-9,18-19H2,1-2H3/t27-/m1/s1. The van der Waals surface area contributed by atoms with Gasteiger partial charge in [-0.15, -0.1) is 0 Å². The Balaban J connectivity index is 1.46. The van der Waals surface area contributed by atoms with Crippen molar-refractivity contribution < 1.29 is 28.8 Å². The molecule has 1 N–H and O–H groups in total. The zero-order valence-corrected chi connectivity index (χ0v) is 19.7. The Morgan fingerprint density at radius 3 is 2.26 bits per heavy atom. The maximum atomic E-state index is 11.6. The Hall–Kier alpha value is -3.51. The molecule has 0 aliphatic carbocycles. The van der Waals surface area contributed by atoms with Crippen LogP contribution < -0.4 is 14.2 Å². The van der Waals surface area contributed by atoms with E-state index in [1.54, 1.807) is 31.2 Å². The van der Waals surface area contributed by atoms with Crippen LogP contribution in [0.25, 0.3) is 0 Å². The monoisotopic (exact) mass is 464 g/mol. The van der Waals surface area contributed by atoms with E-state index in [4.69, 9.17) is 18.9 Å². The number of carbonyl (C=O) groups is 1. The number of esters is 1. The van der Waals surface area contributed by atoms with Crippen LogP contribution in [0.3, 0.4) is 0 Å². The van der Waals surface area contributed by atoms with E-state index in [9.17, 15) is 9.90 Å². The summed E-state index contributed by atoms with van der Waals surface area (Å²) >= 11 is 0. The minimum Gasteiger partial charge on any atom is -0.493 e. The Morgan fingerprint density at radius 1 is 0.853 bits per heavy atom. The number of aryl methyl sites for hydroxylation is 1. The minimum absolute atomic E-state index is 0.227. The van der Waals surface area contributed by atoms with E-state index in [-0.39, 0.29) is 6.61 Å². The van der Waals surface area contributed by atoms with Crippen molar-refractivity contribution in [2.45, 2.75) is 39.2 Å². The molecule has 6 heteroatoms. The highest BCUT2D eigenvalue weighted by Crippen LogP contribution is 2.29. The molecule has 0 spiro atoms. The van der Waals surface area contributed by atoms with Crippen LogP contribution in [0.5, 0.6) is 23.0 Å². The SMILES string of the molecule is CCCc1cc(Oc2ccccc2)ccc1OCCCOc1ccc([C@@H](O)C(=O)OCC)cc1. The summed E-state index contributed by atoms with van der Waals surface area (Å²) in [5, 5.41) is 9.98. The molecule has 34 heavy (non-hydrogen) atoms. The number of aliphatic hydroxyl groups excluding tert-OH is 1. The van der Waals surface area contributed by atoms with E-state index in [2.05, 4.69) is 6.92 Å². The predicted molar refractivity (Wildman–Crippen MR) is 131 cm³/mol. The van der Waals surface area contributed by atoms with Crippen molar-refractivity contribution in [2.24, 2.45) is 0 Å². The molecule has 3 rings (SSSR count). The highest BCUT2D eigenvalue weighted by molar-refractivity contribution is 5.76. The van der Waals surface area contributed by atoms with Crippen molar-refractivity contribution in [2.75, 3.05) is 19.8 Å². The fourth-order valence-electron chi connectivity index (χ4n) is 3.38. The zero-order chi connectivity index (χ0) is 24.2. The van der Waals surface area contributed by atoms with E-state index in [0.717, 1.165) is 35.7 Å². The first-order chi connectivity index (χ1) is 16.6. The van der Waals surface area contributed by atoms with Gasteiger partial charge in [0.2, 0.25) is 0 Å². The molecule has 180 valence electrons. The quantitative estimate of drug-likeness (QED) is 0.252. The van der Waals surface area contributed by atoms with Crippen LogP contribution >= 0.6 is 0 Å². The van der Waals surface area contributed by atoms with Gasteiger partial charge >= 0.3 is 5.97 Å². The molecule has 0 radical (unpaired) electrons. The van der Waals surface area contributed by atoms with Gasteiger partial charge in [0.05, 0.1) is 19.8 Å². The second-order valence-electron chi connectivity index (χ2n) is 7.71. The number of rotatable bonds is 13. The van der Waals surface area contributed by atoms with Crippen LogP contribution in [0.1, 0.15) is 43.9 Å². The average Bonchev–Trinajstić information content (AvgIpc) is 2.86. The fourth-order valence-corrected chi connectivity index (χ4v) is 3.38. The van der Waals surface area contributed by atoms with Crippen LogP contribution in [0, 0.1) is 0 Å². The van der Waals surface area contributed by atoms with Crippen molar-refractivity contribution in [1.29, 1.82) is 0 Å². The molecule has 3 aromatic rings. The van der Waals surface area contributed by atoms with Gasteiger partial charge in [0.25, 0.3) is 0 Å².